The van der Waals surface area contributed by atoms with Crippen molar-refractivity contribution in [3.8, 4) is 11.5 Å². The molecule has 23 heavy (non-hydrogen) atoms. The topological polar surface area (TPSA) is 72.4 Å². The largest absolute Gasteiger partial charge is 0.444 e. The van der Waals surface area contributed by atoms with Crippen LogP contribution in [0.25, 0.3) is 11.5 Å². The van der Waals surface area contributed by atoms with Gasteiger partial charge in [-0.25, -0.2) is 4.98 Å². The number of halogens is 1. The maximum absolute atomic E-state index is 12.0. The minimum absolute atomic E-state index is 0. The first-order chi connectivity index (χ1) is 10.7. The van der Waals surface area contributed by atoms with Crippen LogP contribution in [0.4, 0.5) is 0 Å². The molecule has 1 saturated heterocycles. The standard InChI is InChI=1S/C16H19N3O2S.ClH/c17-13-6-7-19(8-13)15(20)11-22-10-14-9-21-16(18-14)12-4-2-1-3-5-12;/h1-5,9,13H,6-8,10-11,17H2;1H/t13-;/m1./s1. The number of amides is 1. The lowest BCUT2D eigenvalue weighted by atomic mass is 10.2. The highest BCUT2D eigenvalue weighted by molar-refractivity contribution is 7.99. The van der Waals surface area contributed by atoms with Crippen molar-refractivity contribution in [1.29, 1.82) is 0 Å². The Bertz CT molecular complexity index is 635. The molecule has 5 nitrogen and oxygen atoms in total. The van der Waals surface area contributed by atoms with E-state index in [0.717, 1.165) is 24.2 Å². The van der Waals surface area contributed by atoms with Gasteiger partial charge in [-0.1, -0.05) is 18.2 Å². The van der Waals surface area contributed by atoms with E-state index in [-0.39, 0.29) is 24.4 Å². The Morgan fingerprint density at radius 3 is 2.87 bits per heavy atom. The molecular formula is C16H20ClN3O2S. The van der Waals surface area contributed by atoms with E-state index in [1.165, 1.54) is 0 Å². The zero-order valence-corrected chi connectivity index (χ0v) is 14.3. The number of carbonyl (C=O) groups is 1. The summed E-state index contributed by atoms with van der Waals surface area (Å²) in [6.45, 7) is 1.46. The van der Waals surface area contributed by atoms with Gasteiger partial charge in [0, 0.05) is 30.4 Å². The van der Waals surface area contributed by atoms with Crippen molar-refractivity contribution in [2.24, 2.45) is 5.73 Å². The first kappa shape index (κ1) is 17.8. The molecule has 0 radical (unpaired) electrons. The summed E-state index contributed by atoms with van der Waals surface area (Å²) >= 11 is 1.56. The van der Waals surface area contributed by atoms with Crippen LogP contribution < -0.4 is 5.73 Å². The van der Waals surface area contributed by atoms with Crippen molar-refractivity contribution < 1.29 is 9.21 Å². The number of hydrogen-bond acceptors (Lipinski definition) is 5. The molecule has 1 atom stereocenters. The Labute approximate surface area is 146 Å². The molecule has 0 unspecified atom stereocenters. The van der Waals surface area contributed by atoms with E-state index >= 15 is 0 Å². The van der Waals surface area contributed by atoms with Crippen LogP contribution in [0, 0.1) is 0 Å². The van der Waals surface area contributed by atoms with Crippen molar-refractivity contribution in [3.63, 3.8) is 0 Å². The van der Waals surface area contributed by atoms with Gasteiger partial charge < -0.3 is 15.1 Å². The van der Waals surface area contributed by atoms with E-state index in [4.69, 9.17) is 10.2 Å². The van der Waals surface area contributed by atoms with Gasteiger partial charge in [-0.05, 0) is 18.6 Å². The molecular weight excluding hydrogens is 334 g/mol. The highest BCUT2D eigenvalue weighted by Crippen LogP contribution is 2.20. The summed E-state index contributed by atoms with van der Waals surface area (Å²) < 4.78 is 5.49. The smallest absolute Gasteiger partial charge is 0.232 e. The SMILES string of the molecule is Cl.N[C@@H]1CCN(C(=O)CSCc2coc(-c3ccccc3)n2)C1. The van der Waals surface area contributed by atoms with Gasteiger partial charge in [0.05, 0.1) is 11.4 Å². The van der Waals surface area contributed by atoms with Gasteiger partial charge in [0.1, 0.15) is 6.26 Å². The van der Waals surface area contributed by atoms with Crippen molar-refractivity contribution in [2.75, 3.05) is 18.8 Å². The van der Waals surface area contributed by atoms with E-state index < -0.39 is 0 Å². The number of rotatable bonds is 5. The molecule has 2 heterocycles. The average Bonchev–Trinajstić information content (AvgIpc) is 3.17. The summed E-state index contributed by atoms with van der Waals surface area (Å²) in [5, 5.41) is 0. The highest BCUT2D eigenvalue weighted by atomic mass is 35.5. The second kappa shape index (κ2) is 8.38. The summed E-state index contributed by atoms with van der Waals surface area (Å²) in [5.74, 6) is 1.90. The van der Waals surface area contributed by atoms with Crippen LogP contribution >= 0.6 is 24.2 Å². The zero-order chi connectivity index (χ0) is 15.4. The molecule has 2 N–H and O–H groups in total. The van der Waals surface area contributed by atoms with Crippen LogP contribution in [0.15, 0.2) is 41.0 Å². The number of nitrogens with zero attached hydrogens (tertiary/aromatic N) is 2. The van der Waals surface area contributed by atoms with Crippen molar-refractivity contribution in [1.82, 2.24) is 9.88 Å². The summed E-state index contributed by atoms with van der Waals surface area (Å²) in [4.78, 5) is 18.3. The van der Waals surface area contributed by atoms with E-state index in [2.05, 4.69) is 4.98 Å². The van der Waals surface area contributed by atoms with Crippen LogP contribution in [0.5, 0.6) is 0 Å². The van der Waals surface area contributed by atoms with E-state index in [1.807, 2.05) is 35.2 Å². The summed E-state index contributed by atoms with van der Waals surface area (Å²) in [5.41, 5.74) is 7.63. The number of benzene rings is 1. The molecule has 3 rings (SSSR count). The molecule has 1 aliphatic heterocycles. The van der Waals surface area contributed by atoms with Gasteiger partial charge in [0.25, 0.3) is 0 Å². The Hall–Kier alpha value is -1.50. The summed E-state index contributed by atoms with van der Waals surface area (Å²) in [6, 6.07) is 9.92. The van der Waals surface area contributed by atoms with Gasteiger partial charge in [-0.15, -0.1) is 24.2 Å². The number of oxazole rings is 1. The number of aromatic nitrogens is 1. The third-order valence-electron chi connectivity index (χ3n) is 3.63. The van der Waals surface area contributed by atoms with Gasteiger partial charge in [-0.3, -0.25) is 4.79 Å². The third-order valence-corrected chi connectivity index (χ3v) is 4.58. The number of thioether (sulfide) groups is 1. The van der Waals surface area contributed by atoms with Crippen molar-refractivity contribution >= 4 is 30.1 Å². The minimum atomic E-state index is 0. The fraction of sp³-hybridized carbons (Fsp3) is 0.375. The molecule has 0 saturated carbocycles. The Morgan fingerprint density at radius 2 is 2.17 bits per heavy atom. The van der Waals surface area contributed by atoms with Crippen molar-refractivity contribution in [2.45, 2.75) is 18.2 Å². The molecule has 1 aromatic heterocycles. The number of carbonyl (C=O) groups excluding carboxylic acids is 1. The molecule has 2 aromatic rings. The Kier molecular flexibility index (Phi) is 6.50. The second-order valence-corrected chi connectivity index (χ2v) is 6.38. The van der Waals surface area contributed by atoms with Gasteiger partial charge >= 0.3 is 0 Å². The molecule has 1 fully saturated rings. The minimum Gasteiger partial charge on any atom is -0.444 e. The normalized spacial score (nSPS) is 17.1. The van der Waals surface area contributed by atoms with Gasteiger partial charge in [0.15, 0.2) is 0 Å². The molecule has 1 aromatic carbocycles. The van der Waals surface area contributed by atoms with Crippen LogP contribution in [0.1, 0.15) is 12.1 Å². The molecule has 124 valence electrons. The number of nitrogens with two attached hydrogens (primary N) is 1. The number of hydrogen-bond donors (Lipinski definition) is 1. The van der Waals surface area contributed by atoms with Crippen molar-refractivity contribution in [3.05, 3.63) is 42.3 Å². The Balaban J connectivity index is 0.00000192. The lowest BCUT2D eigenvalue weighted by Crippen LogP contribution is -2.33. The maximum atomic E-state index is 12.0. The maximum Gasteiger partial charge on any atom is 0.232 e. The molecule has 1 amide bonds. The third kappa shape index (κ3) is 4.73. The van der Waals surface area contributed by atoms with Crippen LogP contribution in [0.3, 0.4) is 0 Å². The molecule has 0 aliphatic carbocycles. The zero-order valence-electron chi connectivity index (χ0n) is 12.7. The summed E-state index contributed by atoms with van der Waals surface area (Å²) in [6.07, 6.45) is 2.56. The molecule has 7 heteroatoms. The lowest BCUT2D eigenvalue weighted by molar-refractivity contribution is -0.127. The quantitative estimate of drug-likeness (QED) is 0.894. The molecule has 0 spiro atoms. The second-order valence-electron chi connectivity index (χ2n) is 5.39. The monoisotopic (exact) mass is 353 g/mol. The van der Waals surface area contributed by atoms with Crippen LogP contribution in [-0.2, 0) is 10.5 Å². The average molecular weight is 354 g/mol. The van der Waals surface area contributed by atoms with E-state index in [0.29, 0.717) is 23.9 Å². The Morgan fingerprint density at radius 1 is 1.39 bits per heavy atom. The summed E-state index contributed by atoms with van der Waals surface area (Å²) in [7, 11) is 0. The number of likely N-dealkylation sites (tertiary alicyclic amines) is 1. The predicted molar refractivity (Wildman–Crippen MR) is 94.5 cm³/mol. The molecule has 1 aliphatic rings. The van der Waals surface area contributed by atoms with Crippen LogP contribution in [0.2, 0.25) is 0 Å². The van der Waals surface area contributed by atoms with E-state index in [9.17, 15) is 4.79 Å². The first-order valence-corrected chi connectivity index (χ1v) is 8.49. The highest BCUT2D eigenvalue weighted by Gasteiger charge is 2.23. The first-order valence-electron chi connectivity index (χ1n) is 7.33. The van der Waals surface area contributed by atoms with E-state index in [1.54, 1.807) is 18.0 Å². The van der Waals surface area contributed by atoms with Crippen LogP contribution in [-0.4, -0.2) is 40.7 Å². The predicted octanol–water partition coefficient (Wildman–Crippen LogP) is 2.56. The van der Waals surface area contributed by atoms with Gasteiger partial charge in [0.2, 0.25) is 11.8 Å². The van der Waals surface area contributed by atoms with Gasteiger partial charge in [-0.2, -0.15) is 0 Å². The molecule has 0 bridgehead atoms. The fourth-order valence-corrected chi connectivity index (χ4v) is 3.24. The fourth-order valence-electron chi connectivity index (χ4n) is 2.43. The lowest BCUT2D eigenvalue weighted by Gasteiger charge is -2.14.